The molecule has 6 rings (SSSR count). The van der Waals surface area contributed by atoms with Crippen LogP contribution >= 0.6 is 0 Å². The molecule has 0 saturated heterocycles. The molecular formula is C26H21N3. The van der Waals surface area contributed by atoms with Crippen molar-refractivity contribution in [2.45, 2.75) is 19.9 Å². The monoisotopic (exact) mass is 375 g/mol. The van der Waals surface area contributed by atoms with Gasteiger partial charge in [0.2, 0.25) is 0 Å². The van der Waals surface area contributed by atoms with Crippen LogP contribution in [-0.2, 0) is 13.0 Å². The van der Waals surface area contributed by atoms with Crippen LogP contribution in [0.15, 0.2) is 78.9 Å². The van der Waals surface area contributed by atoms with Gasteiger partial charge in [0.1, 0.15) is 5.82 Å². The third kappa shape index (κ3) is 2.47. The topological polar surface area (TPSA) is 33.6 Å². The molecule has 3 heteroatoms. The second-order valence-electron chi connectivity index (χ2n) is 7.79. The van der Waals surface area contributed by atoms with E-state index in [2.05, 4.69) is 95.3 Å². The first-order chi connectivity index (χ1) is 14.3. The standard InChI is InChI=1S/C26H21N3/c1-17-11-13-19(14-12-17)26-28-23(18-7-3-2-4-8-18)25-24-21(15-16-29(25)26)20-9-5-6-10-22(20)27-24/h2-14,27H,15-16H2,1H3. The second-order valence-corrected chi connectivity index (χ2v) is 7.79. The first kappa shape index (κ1) is 16.4. The minimum atomic E-state index is 0.938. The number of rotatable bonds is 2. The predicted octanol–water partition coefficient (Wildman–Crippen LogP) is 6.23. The zero-order valence-electron chi connectivity index (χ0n) is 16.3. The number of H-pyrrole nitrogens is 1. The molecule has 0 spiro atoms. The van der Waals surface area contributed by atoms with Crippen molar-refractivity contribution in [2.75, 3.05) is 0 Å². The molecule has 5 aromatic rings. The Morgan fingerprint density at radius 2 is 1.59 bits per heavy atom. The van der Waals surface area contributed by atoms with Crippen molar-refractivity contribution in [2.24, 2.45) is 0 Å². The molecule has 0 aliphatic carbocycles. The van der Waals surface area contributed by atoms with Gasteiger partial charge in [0.15, 0.2) is 0 Å². The van der Waals surface area contributed by atoms with Crippen LogP contribution in [-0.4, -0.2) is 14.5 Å². The van der Waals surface area contributed by atoms with Crippen LogP contribution in [0.5, 0.6) is 0 Å². The Morgan fingerprint density at radius 1 is 0.828 bits per heavy atom. The molecule has 3 heterocycles. The Hall–Kier alpha value is -3.59. The van der Waals surface area contributed by atoms with Gasteiger partial charge in [-0.05, 0) is 25.0 Å². The maximum Gasteiger partial charge on any atom is 0.141 e. The second kappa shape index (κ2) is 6.21. The highest BCUT2D eigenvalue weighted by atomic mass is 15.1. The van der Waals surface area contributed by atoms with Gasteiger partial charge in [-0.2, -0.15) is 0 Å². The smallest absolute Gasteiger partial charge is 0.141 e. The molecule has 29 heavy (non-hydrogen) atoms. The molecule has 0 unspecified atom stereocenters. The fourth-order valence-electron chi connectivity index (χ4n) is 4.53. The number of aromatic nitrogens is 3. The summed E-state index contributed by atoms with van der Waals surface area (Å²) in [5.74, 6) is 1.04. The van der Waals surface area contributed by atoms with Gasteiger partial charge in [0, 0.05) is 28.6 Å². The number of hydrogen-bond acceptors (Lipinski definition) is 1. The predicted molar refractivity (Wildman–Crippen MR) is 119 cm³/mol. The summed E-state index contributed by atoms with van der Waals surface area (Å²) in [5, 5.41) is 1.32. The van der Waals surface area contributed by atoms with Crippen LogP contribution in [0, 0.1) is 6.92 Å². The summed E-state index contributed by atoms with van der Waals surface area (Å²) in [6.07, 6.45) is 1.01. The molecule has 2 aromatic heterocycles. The van der Waals surface area contributed by atoms with Gasteiger partial charge in [0.25, 0.3) is 0 Å². The maximum atomic E-state index is 5.17. The van der Waals surface area contributed by atoms with Crippen molar-refractivity contribution in [3.63, 3.8) is 0 Å². The van der Waals surface area contributed by atoms with Crippen molar-refractivity contribution in [1.82, 2.24) is 14.5 Å². The molecule has 1 aliphatic heterocycles. The first-order valence-corrected chi connectivity index (χ1v) is 10.1. The van der Waals surface area contributed by atoms with Crippen molar-refractivity contribution >= 4 is 10.9 Å². The van der Waals surface area contributed by atoms with E-state index in [1.165, 1.54) is 39.0 Å². The summed E-state index contributed by atoms with van der Waals surface area (Å²) in [4.78, 5) is 8.87. The van der Waals surface area contributed by atoms with Crippen molar-refractivity contribution in [3.8, 4) is 34.0 Å². The Balaban J connectivity index is 1.66. The fourth-order valence-corrected chi connectivity index (χ4v) is 4.53. The Labute approximate surface area is 169 Å². The number of aryl methyl sites for hydroxylation is 2. The first-order valence-electron chi connectivity index (χ1n) is 10.1. The molecular weight excluding hydrogens is 354 g/mol. The lowest BCUT2D eigenvalue weighted by Crippen LogP contribution is -2.11. The van der Waals surface area contributed by atoms with Gasteiger partial charge in [-0.25, -0.2) is 4.98 Å². The van der Waals surface area contributed by atoms with Crippen LogP contribution < -0.4 is 0 Å². The minimum Gasteiger partial charge on any atom is -0.353 e. The lowest BCUT2D eigenvalue weighted by Gasteiger charge is -2.19. The Morgan fingerprint density at radius 3 is 2.41 bits per heavy atom. The molecule has 3 nitrogen and oxygen atoms in total. The third-order valence-electron chi connectivity index (χ3n) is 5.96. The summed E-state index contributed by atoms with van der Waals surface area (Å²) >= 11 is 0. The normalized spacial score (nSPS) is 12.7. The Bertz CT molecular complexity index is 1340. The van der Waals surface area contributed by atoms with Crippen LogP contribution in [0.3, 0.4) is 0 Å². The minimum absolute atomic E-state index is 0.938. The van der Waals surface area contributed by atoms with Crippen LogP contribution in [0.25, 0.3) is 44.9 Å². The molecule has 0 atom stereocenters. The number of aromatic amines is 1. The number of para-hydroxylation sites is 1. The van der Waals surface area contributed by atoms with E-state index in [4.69, 9.17) is 4.98 Å². The van der Waals surface area contributed by atoms with E-state index in [1.54, 1.807) is 0 Å². The number of fused-ring (bicyclic) bond motifs is 5. The van der Waals surface area contributed by atoms with Crippen LogP contribution in [0.1, 0.15) is 11.1 Å². The number of nitrogens with one attached hydrogen (secondary N) is 1. The lowest BCUT2D eigenvalue weighted by atomic mass is 9.99. The zero-order chi connectivity index (χ0) is 19.4. The molecule has 0 bridgehead atoms. The van der Waals surface area contributed by atoms with Crippen LogP contribution in [0.2, 0.25) is 0 Å². The van der Waals surface area contributed by atoms with E-state index in [1.807, 2.05) is 0 Å². The molecule has 0 amide bonds. The van der Waals surface area contributed by atoms with Gasteiger partial charge >= 0.3 is 0 Å². The maximum absolute atomic E-state index is 5.17. The molecule has 140 valence electrons. The molecule has 1 N–H and O–H groups in total. The highest BCUT2D eigenvalue weighted by Crippen LogP contribution is 2.42. The molecule has 0 radical (unpaired) electrons. The van der Waals surface area contributed by atoms with Gasteiger partial charge < -0.3 is 9.55 Å². The van der Waals surface area contributed by atoms with Gasteiger partial charge in [-0.3, -0.25) is 0 Å². The summed E-state index contributed by atoms with van der Waals surface area (Å²) in [5.41, 5.74) is 9.64. The highest BCUT2D eigenvalue weighted by Gasteiger charge is 2.28. The van der Waals surface area contributed by atoms with Crippen LogP contribution in [0.4, 0.5) is 0 Å². The molecule has 0 fully saturated rings. The zero-order valence-corrected chi connectivity index (χ0v) is 16.3. The van der Waals surface area contributed by atoms with E-state index in [9.17, 15) is 0 Å². The average molecular weight is 375 g/mol. The number of imidazole rings is 1. The summed E-state index contributed by atoms with van der Waals surface area (Å²) in [7, 11) is 0. The summed E-state index contributed by atoms with van der Waals surface area (Å²) < 4.78 is 2.39. The molecule has 3 aromatic carbocycles. The molecule has 1 aliphatic rings. The number of nitrogens with zero attached hydrogens (tertiary/aromatic N) is 2. The van der Waals surface area contributed by atoms with Gasteiger partial charge in [-0.15, -0.1) is 0 Å². The number of benzene rings is 3. The summed E-state index contributed by atoms with van der Waals surface area (Å²) in [6.45, 7) is 3.06. The van der Waals surface area contributed by atoms with Crippen molar-refractivity contribution in [3.05, 3.63) is 90.0 Å². The van der Waals surface area contributed by atoms with Gasteiger partial charge in [0.05, 0.1) is 17.1 Å². The third-order valence-corrected chi connectivity index (χ3v) is 5.96. The highest BCUT2D eigenvalue weighted by molar-refractivity contribution is 5.94. The molecule has 0 saturated carbocycles. The van der Waals surface area contributed by atoms with E-state index in [-0.39, 0.29) is 0 Å². The van der Waals surface area contributed by atoms with E-state index in [0.29, 0.717) is 0 Å². The average Bonchev–Trinajstić information content (AvgIpc) is 3.33. The largest absolute Gasteiger partial charge is 0.353 e. The van der Waals surface area contributed by atoms with Crippen molar-refractivity contribution < 1.29 is 0 Å². The number of hydrogen-bond donors (Lipinski definition) is 1. The van der Waals surface area contributed by atoms with E-state index >= 15 is 0 Å². The Kier molecular flexibility index (Phi) is 3.51. The lowest BCUT2D eigenvalue weighted by molar-refractivity contribution is 0.693. The van der Waals surface area contributed by atoms with Crippen molar-refractivity contribution in [1.29, 1.82) is 0 Å². The SMILES string of the molecule is Cc1ccc(-c2nc(-c3ccccc3)c3n2CCc2c-3[nH]c3ccccc23)cc1. The quantitative estimate of drug-likeness (QED) is 0.390. The van der Waals surface area contributed by atoms with E-state index in [0.717, 1.165) is 30.0 Å². The van der Waals surface area contributed by atoms with E-state index < -0.39 is 0 Å². The summed E-state index contributed by atoms with van der Waals surface area (Å²) in [6, 6.07) is 27.8. The van der Waals surface area contributed by atoms with Gasteiger partial charge in [-0.1, -0.05) is 78.4 Å². The fraction of sp³-hybridized carbons (Fsp3) is 0.115.